The van der Waals surface area contributed by atoms with Crippen molar-refractivity contribution in [3.63, 3.8) is 0 Å². The summed E-state index contributed by atoms with van der Waals surface area (Å²) >= 11 is 9.41. The Balaban J connectivity index is 2.10. The van der Waals surface area contributed by atoms with Gasteiger partial charge in [-0.25, -0.2) is 0 Å². The smallest absolute Gasteiger partial charge is 0.255 e. The Morgan fingerprint density at radius 3 is 2.32 bits per heavy atom. The summed E-state index contributed by atoms with van der Waals surface area (Å²) in [7, 11) is 1.58. The Hall–Kier alpha value is -1.85. The number of carbonyl (C=O) groups is 2. The molecule has 0 bridgehead atoms. The third-order valence-corrected chi connectivity index (χ3v) is 4.65. The van der Waals surface area contributed by atoms with Crippen molar-refractivity contribution < 1.29 is 9.59 Å². The molecule has 0 radical (unpaired) electrons. The summed E-state index contributed by atoms with van der Waals surface area (Å²) in [4.78, 5) is 26.2. The number of nitrogens with one attached hydrogen (secondary N) is 1. The van der Waals surface area contributed by atoms with E-state index in [0.717, 1.165) is 26.9 Å². The van der Waals surface area contributed by atoms with Crippen LogP contribution >= 0.6 is 27.5 Å². The van der Waals surface area contributed by atoms with Crippen molar-refractivity contribution in [2.75, 3.05) is 18.9 Å². The Kier molecular flexibility index (Phi) is 6.25. The van der Waals surface area contributed by atoms with Gasteiger partial charge in [0.05, 0.1) is 17.1 Å². The number of hydrogen-bond donors (Lipinski definition) is 1. The van der Waals surface area contributed by atoms with Crippen molar-refractivity contribution >= 4 is 45.0 Å². The second kappa shape index (κ2) is 8.02. The highest BCUT2D eigenvalue weighted by Crippen LogP contribution is 2.23. The van der Waals surface area contributed by atoms with Crippen LogP contribution in [0.2, 0.25) is 5.02 Å². The lowest BCUT2D eigenvalue weighted by molar-refractivity contribution is -0.116. The summed E-state index contributed by atoms with van der Waals surface area (Å²) in [5, 5.41) is 3.25. The van der Waals surface area contributed by atoms with Crippen LogP contribution in [0.1, 0.15) is 27.0 Å². The molecule has 0 unspecified atom stereocenters. The first-order valence-corrected chi connectivity index (χ1v) is 8.94. The minimum atomic E-state index is -0.307. The van der Waals surface area contributed by atoms with Crippen LogP contribution in [0, 0.1) is 20.8 Å². The van der Waals surface area contributed by atoms with Crippen LogP contribution < -0.4 is 5.32 Å². The molecule has 4 nitrogen and oxygen atoms in total. The van der Waals surface area contributed by atoms with Crippen molar-refractivity contribution in [1.82, 2.24) is 4.90 Å². The van der Waals surface area contributed by atoms with Gasteiger partial charge in [0.15, 0.2) is 0 Å². The van der Waals surface area contributed by atoms with Gasteiger partial charge in [-0.15, -0.1) is 0 Å². The Labute approximate surface area is 161 Å². The second-order valence-electron chi connectivity index (χ2n) is 6.11. The number of rotatable bonds is 4. The van der Waals surface area contributed by atoms with Gasteiger partial charge in [0, 0.05) is 17.2 Å². The average molecular weight is 424 g/mol. The topological polar surface area (TPSA) is 49.4 Å². The highest BCUT2D eigenvalue weighted by molar-refractivity contribution is 9.10. The molecule has 1 N–H and O–H groups in total. The number of nitrogens with zero attached hydrogens (tertiary/aromatic N) is 1. The average Bonchev–Trinajstić information content (AvgIpc) is 2.52. The standard InChI is InChI=1S/C19H20BrClN2O2/c1-11-7-12(2)18(13(3)8-11)22-17(24)10-23(4)19(25)15-9-14(20)5-6-16(15)21/h5-9H,10H2,1-4H3,(H,22,24). The van der Waals surface area contributed by atoms with Crippen molar-refractivity contribution in [1.29, 1.82) is 0 Å². The molecule has 132 valence electrons. The summed E-state index contributed by atoms with van der Waals surface area (Å²) < 4.78 is 0.754. The monoisotopic (exact) mass is 422 g/mol. The third kappa shape index (κ3) is 4.83. The molecule has 0 aromatic heterocycles. The summed E-state index contributed by atoms with van der Waals surface area (Å²) in [6, 6.07) is 9.07. The molecule has 25 heavy (non-hydrogen) atoms. The minimum absolute atomic E-state index is 0.0611. The molecular weight excluding hydrogens is 404 g/mol. The maximum atomic E-state index is 12.5. The number of anilines is 1. The van der Waals surface area contributed by atoms with Gasteiger partial charge in [0.1, 0.15) is 0 Å². The lowest BCUT2D eigenvalue weighted by atomic mass is 10.1. The fraction of sp³-hybridized carbons (Fsp3) is 0.263. The Morgan fingerprint density at radius 1 is 1.12 bits per heavy atom. The van der Waals surface area contributed by atoms with Crippen LogP contribution in [0.4, 0.5) is 5.69 Å². The molecule has 0 heterocycles. The van der Waals surface area contributed by atoms with E-state index < -0.39 is 0 Å². The molecule has 0 spiro atoms. The molecule has 0 fully saturated rings. The van der Waals surface area contributed by atoms with Crippen LogP contribution in [0.25, 0.3) is 0 Å². The van der Waals surface area contributed by atoms with E-state index in [0.29, 0.717) is 10.6 Å². The lowest BCUT2D eigenvalue weighted by Crippen LogP contribution is -2.35. The summed E-state index contributed by atoms with van der Waals surface area (Å²) in [6.45, 7) is 5.85. The molecule has 0 saturated heterocycles. The maximum absolute atomic E-state index is 12.5. The number of aryl methyl sites for hydroxylation is 3. The summed E-state index contributed by atoms with van der Waals surface area (Å²) in [5.74, 6) is -0.559. The van der Waals surface area contributed by atoms with E-state index in [2.05, 4.69) is 21.2 Å². The van der Waals surface area contributed by atoms with Crippen molar-refractivity contribution in [2.24, 2.45) is 0 Å². The van der Waals surface area contributed by atoms with Gasteiger partial charge in [0.2, 0.25) is 5.91 Å². The first-order valence-electron chi connectivity index (χ1n) is 7.77. The summed E-state index contributed by atoms with van der Waals surface area (Å²) in [6.07, 6.45) is 0. The molecule has 0 aliphatic rings. The van der Waals surface area contributed by atoms with E-state index in [-0.39, 0.29) is 18.4 Å². The SMILES string of the molecule is Cc1cc(C)c(NC(=O)CN(C)C(=O)c2cc(Br)ccc2Cl)c(C)c1. The molecule has 0 aliphatic heterocycles. The summed E-state index contributed by atoms with van der Waals surface area (Å²) in [5.41, 5.74) is 4.28. The Morgan fingerprint density at radius 2 is 1.72 bits per heavy atom. The molecule has 2 aromatic carbocycles. The Bertz CT molecular complexity index is 813. The first kappa shape index (κ1) is 19.5. The highest BCUT2D eigenvalue weighted by Gasteiger charge is 2.18. The van der Waals surface area contributed by atoms with E-state index in [1.807, 2.05) is 32.9 Å². The zero-order valence-corrected chi connectivity index (χ0v) is 17.0. The maximum Gasteiger partial charge on any atom is 0.255 e. The molecule has 0 atom stereocenters. The number of halogens is 2. The van der Waals surface area contributed by atoms with Gasteiger partial charge in [0.25, 0.3) is 5.91 Å². The number of hydrogen-bond acceptors (Lipinski definition) is 2. The van der Waals surface area contributed by atoms with Crippen LogP contribution in [-0.4, -0.2) is 30.3 Å². The highest BCUT2D eigenvalue weighted by atomic mass is 79.9. The van der Waals surface area contributed by atoms with Gasteiger partial charge < -0.3 is 10.2 Å². The molecule has 6 heteroatoms. The van der Waals surface area contributed by atoms with Gasteiger partial charge in [-0.05, 0) is 50.1 Å². The minimum Gasteiger partial charge on any atom is -0.332 e. The molecule has 2 rings (SSSR count). The third-order valence-electron chi connectivity index (χ3n) is 3.83. The number of benzene rings is 2. The zero-order valence-electron chi connectivity index (χ0n) is 14.6. The van der Waals surface area contributed by atoms with E-state index >= 15 is 0 Å². The van der Waals surface area contributed by atoms with Crippen molar-refractivity contribution in [3.05, 3.63) is 62.1 Å². The number of amides is 2. The fourth-order valence-electron chi connectivity index (χ4n) is 2.71. The first-order chi connectivity index (χ1) is 11.7. The molecule has 2 aromatic rings. The molecule has 2 amide bonds. The van der Waals surface area contributed by atoms with Gasteiger partial charge in [-0.3, -0.25) is 9.59 Å². The number of carbonyl (C=O) groups excluding carboxylic acids is 2. The number of likely N-dealkylation sites (N-methyl/N-ethyl adjacent to an activating group) is 1. The molecular formula is C19H20BrClN2O2. The van der Waals surface area contributed by atoms with Crippen LogP contribution in [0.15, 0.2) is 34.8 Å². The lowest BCUT2D eigenvalue weighted by Gasteiger charge is -2.19. The van der Waals surface area contributed by atoms with Crippen molar-refractivity contribution in [2.45, 2.75) is 20.8 Å². The van der Waals surface area contributed by atoms with Crippen LogP contribution in [0.5, 0.6) is 0 Å². The second-order valence-corrected chi connectivity index (χ2v) is 7.43. The fourth-order valence-corrected chi connectivity index (χ4v) is 3.27. The normalized spacial score (nSPS) is 10.5. The van der Waals surface area contributed by atoms with Gasteiger partial charge in [-0.2, -0.15) is 0 Å². The largest absolute Gasteiger partial charge is 0.332 e. The van der Waals surface area contributed by atoms with E-state index in [1.165, 1.54) is 4.90 Å². The predicted octanol–water partition coefficient (Wildman–Crippen LogP) is 4.74. The predicted molar refractivity (Wildman–Crippen MR) is 105 cm³/mol. The van der Waals surface area contributed by atoms with Crippen LogP contribution in [0.3, 0.4) is 0 Å². The van der Waals surface area contributed by atoms with Gasteiger partial charge >= 0.3 is 0 Å². The van der Waals surface area contributed by atoms with Gasteiger partial charge in [-0.1, -0.05) is 45.2 Å². The van der Waals surface area contributed by atoms with E-state index in [9.17, 15) is 9.59 Å². The molecule has 0 aliphatic carbocycles. The quantitative estimate of drug-likeness (QED) is 0.772. The zero-order chi connectivity index (χ0) is 18.7. The van der Waals surface area contributed by atoms with Crippen molar-refractivity contribution in [3.8, 4) is 0 Å². The van der Waals surface area contributed by atoms with Crippen LogP contribution in [-0.2, 0) is 4.79 Å². The van der Waals surface area contributed by atoms with E-state index in [4.69, 9.17) is 11.6 Å². The molecule has 0 saturated carbocycles. The van der Waals surface area contributed by atoms with E-state index in [1.54, 1.807) is 25.2 Å².